The van der Waals surface area contributed by atoms with E-state index >= 15 is 0 Å². The van der Waals surface area contributed by atoms with Crippen molar-refractivity contribution in [3.63, 3.8) is 0 Å². The van der Waals surface area contributed by atoms with Crippen molar-refractivity contribution in [1.29, 1.82) is 0 Å². The first-order valence-electron chi connectivity index (χ1n) is 8.39. The van der Waals surface area contributed by atoms with Crippen molar-refractivity contribution in [2.45, 2.75) is 31.1 Å². The van der Waals surface area contributed by atoms with E-state index in [1.54, 1.807) is 17.4 Å². The molecule has 3 aromatic rings. The summed E-state index contributed by atoms with van der Waals surface area (Å²) >= 11 is 1.59. The minimum Gasteiger partial charge on any atom is -0.308 e. The first-order chi connectivity index (χ1) is 12.5. The normalized spacial score (nSPS) is 19.5. The number of hydrogen-bond acceptors (Lipinski definition) is 3. The van der Waals surface area contributed by atoms with Crippen molar-refractivity contribution < 1.29 is 13.2 Å². The maximum Gasteiger partial charge on any atom is 0.416 e. The predicted molar refractivity (Wildman–Crippen MR) is 97.0 cm³/mol. The number of benzene rings is 2. The number of halogens is 3. The third kappa shape index (κ3) is 3.81. The van der Waals surface area contributed by atoms with Crippen molar-refractivity contribution in [1.82, 2.24) is 10.3 Å². The van der Waals surface area contributed by atoms with E-state index < -0.39 is 11.7 Å². The van der Waals surface area contributed by atoms with Crippen LogP contribution < -0.4 is 5.32 Å². The van der Waals surface area contributed by atoms with Crippen molar-refractivity contribution in [3.8, 4) is 11.1 Å². The Kier molecular flexibility index (Phi) is 4.54. The van der Waals surface area contributed by atoms with Gasteiger partial charge < -0.3 is 5.32 Å². The summed E-state index contributed by atoms with van der Waals surface area (Å²) in [6.07, 6.45) is -3.24. The summed E-state index contributed by atoms with van der Waals surface area (Å²) < 4.78 is 38.6. The van der Waals surface area contributed by atoms with Crippen molar-refractivity contribution in [3.05, 3.63) is 76.2 Å². The molecule has 4 rings (SSSR count). The number of nitrogens with zero attached hydrogens (tertiary/aromatic N) is 1. The standard InChI is InChI=1S/C20H17F3N2S/c21-20(22,23)16-3-1-2-15(8-16)13-4-6-14(7-5-13)18-9-19(18)24-10-17-11-26-12-25-17/h1-8,11-12,18-19,24H,9-10H2/t18-,19+/m0/s1. The summed E-state index contributed by atoms with van der Waals surface area (Å²) in [5.74, 6) is 0.462. The van der Waals surface area contributed by atoms with Crippen LogP contribution in [0.15, 0.2) is 59.4 Å². The molecule has 0 bridgehead atoms. The molecule has 1 aliphatic rings. The molecule has 26 heavy (non-hydrogen) atoms. The van der Waals surface area contributed by atoms with Crippen LogP contribution in [0.5, 0.6) is 0 Å². The average molecular weight is 374 g/mol. The molecule has 2 atom stereocenters. The second kappa shape index (κ2) is 6.85. The zero-order valence-electron chi connectivity index (χ0n) is 13.8. The molecule has 0 saturated heterocycles. The van der Waals surface area contributed by atoms with Crippen LogP contribution in [0.2, 0.25) is 0 Å². The molecule has 1 fully saturated rings. The first-order valence-corrected chi connectivity index (χ1v) is 9.33. The number of nitrogens with one attached hydrogen (secondary N) is 1. The van der Waals surface area contributed by atoms with Gasteiger partial charge in [0.15, 0.2) is 0 Å². The molecular formula is C20H17F3N2S. The Bertz CT molecular complexity index is 873. The maximum atomic E-state index is 12.9. The third-order valence-corrected chi connectivity index (χ3v) is 5.32. The topological polar surface area (TPSA) is 24.9 Å². The Hall–Kier alpha value is -2.18. The van der Waals surface area contributed by atoms with Crippen LogP contribution in [0, 0.1) is 0 Å². The summed E-state index contributed by atoms with van der Waals surface area (Å²) in [4.78, 5) is 4.26. The molecule has 0 amide bonds. The molecule has 0 unspecified atom stereocenters. The van der Waals surface area contributed by atoms with Gasteiger partial charge in [0.25, 0.3) is 0 Å². The summed E-state index contributed by atoms with van der Waals surface area (Å²) in [6, 6.07) is 13.7. The highest BCUT2D eigenvalue weighted by molar-refractivity contribution is 7.07. The van der Waals surface area contributed by atoms with Crippen LogP contribution in [-0.4, -0.2) is 11.0 Å². The van der Waals surface area contributed by atoms with Gasteiger partial charge in [-0.25, -0.2) is 4.98 Å². The average Bonchev–Trinajstić information content (AvgIpc) is 3.23. The number of alkyl halides is 3. The quantitative estimate of drug-likeness (QED) is 0.640. The van der Waals surface area contributed by atoms with Crippen molar-refractivity contribution in [2.75, 3.05) is 0 Å². The second-order valence-electron chi connectivity index (χ2n) is 6.51. The summed E-state index contributed by atoms with van der Waals surface area (Å²) in [6.45, 7) is 0.771. The lowest BCUT2D eigenvalue weighted by atomic mass is 10.0. The molecule has 1 aliphatic carbocycles. The Morgan fingerprint density at radius 3 is 2.58 bits per heavy atom. The monoisotopic (exact) mass is 374 g/mol. The fourth-order valence-electron chi connectivity index (χ4n) is 3.15. The van der Waals surface area contributed by atoms with Gasteiger partial charge in [-0.15, -0.1) is 11.3 Å². The number of aromatic nitrogens is 1. The van der Waals surface area contributed by atoms with Gasteiger partial charge in [0.1, 0.15) is 0 Å². The van der Waals surface area contributed by atoms with Gasteiger partial charge in [-0.3, -0.25) is 0 Å². The Balaban J connectivity index is 1.42. The molecule has 0 spiro atoms. The van der Waals surface area contributed by atoms with E-state index in [0.29, 0.717) is 17.5 Å². The molecule has 134 valence electrons. The highest BCUT2D eigenvalue weighted by Gasteiger charge is 2.37. The molecular weight excluding hydrogens is 357 g/mol. The summed E-state index contributed by atoms with van der Waals surface area (Å²) in [5.41, 5.74) is 4.87. The zero-order chi connectivity index (χ0) is 18.1. The molecule has 1 heterocycles. The SMILES string of the molecule is FC(F)(F)c1cccc(-c2ccc([C@@H]3C[C@H]3NCc3cscn3)cc2)c1. The summed E-state index contributed by atoms with van der Waals surface area (Å²) in [5, 5.41) is 5.53. The van der Waals surface area contributed by atoms with Gasteiger partial charge in [0, 0.05) is 23.9 Å². The van der Waals surface area contributed by atoms with E-state index in [-0.39, 0.29) is 0 Å². The minimum absolute atomic E-state index is 0.441. The fraction of sp³-hybridized carbons (Fsp3) is 0.250. The predicted octanol–water partition coefficient (Wildman–Crippen LogP) is 5.47. The maximum absolute atomic E-state index is 12.9. The molecule has 1 aromatic heterocycles. The number of rotatable bonds is 5. The lowest BCUT2D eigenvalue weighted by Crippen LogP contribution is -2.17. The van der Waals surface area contributed by atoms with Crippen LogP contribution in [0.4, 0.5) is 13.2 Å². The Morgan fingerprint density at radius 2 is 1.88 bits per heavy atom. The fourth-order valence-corrected chi connectivity index (χ4v) is 3.71. The van der Waals surface area contributed by atoms with E-state index in [1.807, 2.05) is 35.2 Å². The molecule has 2 nitrogen and oxygen atoms in total. The lowest BCUT2D eigenvalue weighted by molar-refractivity contribution is -0.137. The van der Waals surface area contributed by atoms with Crippen LogP contribution in [-0.2, 0) is 12.7 Å². The van der Waals surface area contributed by atoms with Crippen LogP contribution in [0.3, 0.4) is 0 Å². The largest absolute Gasteiger partial charge is 0.416 e. The number of hydrogen-bond donors (Lipinski definition) is 1. The van der Waals surface area contributed by atoms with Gasteiger partial charge in [0.05, 0.1) is 16.8 Å². The van der Waals surface area contributed by atoms with Gasteiger partial charge in [-0.05, 0) is 35.2 Å². The van der Waals surface area contributed by atoms with Crippen LogP contribution in [0.1, 0.15) is 29.2 Å². The molecule has 1 N–H and O–H groups in total. The van der Waals surface area contributed by atoms with E-state index in [0.717, 1.165) is 30.3 Å². The van der Waals surface area contributed by atoms with E-state index in [1.165, 1.54) is 17.7 Å². The van der Waals surface area contributed by atoms with Crippen molar-refractivity contribution in [2.24, 2.45) is 0 Å². The van der Waals surface area contributed by atoms with Gasteiger partial charge in [-0.1, -0.05) is 36.4 Å². The van der Waals surface area contributed by atoms with Crippen LogP contribution >= 0.6 is 11.3 Å². The third-order valence-electron chi connectivity index (χ3n) is 4.68. The Morgan fingerprint density at radius 1 is 1.08 bits per heavy atom. The lowest BCUT2D eigenvalue weighted by Gasteiger charge is -2.09. The van der Waals surface area contributed by atoms with Gasteiger partial charge >= 0.3 is 6.18 Å². The smallest absolute Gasteiger partial charge is 0.308 e. The highest BCUT2D eigenvalue weighted by Crippen LogP contribution is 2.41. The molecule has 6 heteroatoms. The van der Waals surface area contributed by atoms with Crippen LogP contribution in [0.25, 0.3) is 11.1 Å². The summed E-state index contributed by atoms with van der Waals surface area (Å²) in [7, 11) is 0. The molecule has 0 aliphatic heterocycles. The van der Waals surface area contributed by atoms with Gasteiger partial charge in [-0.2, -0.15) is 13.2 Å². The van der Waals surface area contributed by atoms with Gasteiger partial charge in [0.2, 0.25) is 0 Å². The first kappa shape index (κ1) is 17.2. The molecule has 1 saturated carbocycles. The second-order valence-corrected chi connectivity index (χ2v) is 7.23. The molecule has 0 radical (unpaired) electrons. The van der Waals surface area contributed by atoms with E-state index in [2.05, 4.69) is 10.3 Å². The zero-order valence-corrected chi connectivity index (χ0v) is 14.6. The molecule has 2 aromatic carbocycles. The van der Waals surface area contributed by atoms with E-state index in [4.69, 9.17) is 0 Å². The van der Waals surface area contributed by atoms with Crippen molar-refractivity contribution >= 4 is 11.3 Å². The van der Waals surface area contributed by atoms with E-state index in [9.17, 15) is 13.2 Å². The Labute approximate surface area is 153 Å². The number of thiazole rings is 1. The minimum atomic E-state index is -4.32. The highest BCUT2D eigenvalue weighted by atomic mass is 32.1.